The van der Waals surface area contributed by atoms with Crippen LogP contribution in [0.5, 0.6) is 0 Å². The molecule has 16 heavy (non-hydrogen) atoms. The maximum atomic E-state index is 10.9. The number of aliphatic carboxylic acids is 1. The summed E-state index contributed by atoms with van der Waals surface area (Å²) in [4.78, 5) is 10.9. The average Bonchev–Trinajstić information content (AvgIpc) is 2.86. The third-order valence-electron chi connectivity index (χ3n) is 3.30. The number of nitrogens with zero attached hydrogens (tertiary/aromatic N) is 3. The molecule has 88 valence electrons. The normalized spacial score (nSPS) is 25.2. The molecule has 1 aromatic heterocycles. The van der Waals surface area contributed by atoms with Crippen LogP contribution in [0.3, 0.4) is 0 Å². The van der Waals surface area contributed by atoms with Gasteiger partial charge < -0.3 is 9.67 Å². The lowest BCUT2D eigenvalue weighted by Crippen LogP contribution is -2.12. The molecule has 1 heterocycles. The second kappa shape index (κ2) is 4.23. The van der Waals surface area contributed by atoms with Crippen molar-refractivity contribution in [3.63, 3.8) is 0 Å². The van der Waals surface area contributed by atoms with Crippen molar-refractivity contribution in [1.29, 1.82) is 0 Å². The molecular formula is C11H17N3O2. The summed E-state index contributed by atoms with van der Waals surface area (Å²) in [7, 11) is 0. The quantitative estimate of drug-likeness (QED) is 0.848. The molecule has 2 unspecified atom stereocenters. The van der Waals surface area contributed by atoms with Crippen molar-refractivity contribution in [1.82, 2.24) is 14.8 Å². The van der Waals surface area contributed by atoms with Crippen LogP contribution in [-0.4, -0.2) is 25.8 Å². The van der Waals surface area contributed by atoms with Crippen molar-refractivity contribution in [3.8, 4) is 0 Å². The van der Waals surface area contributed by atoms with Gasteiger partial charge in [0.25, 0.3) is 0 Å². The molecule has 0 aliphatic heterocycles. The summed E-state index contributed by atoms with van der Waals surface area (Å²) in [6.45, 7) is 4.16. The van der Waals surface area contributed by atoms with E-state index in [0.717, 1.165) is 18.7 Å². The van der Waals surface area contributed by atoms with Crippen LogP contribution >= 0.6 is 0 Å². The first-order valence-corrected chi connectivity index (χ1v) is 5.71. The Morgan fingerprint density at radius 3 is 2.88 bits per heavy atom. The molecule has 0 aromatic carbocycles. The molecule has 5 nitrogen and oxygen atoms in total. The van der Waals surface area contributed by atoms with E-state index in [0.29, 0.717) is 12.5 Å². The molecule has 1 saturated carbocycles. The van der Waals surface area contributed by atoms with Crippen molar-refractivity contribution in [2.75, 3.05) is 0 Å². The lowest BCUT2D eigenvalue weighted by atomic mass is 10.0. The highest BCUT2D eigenvalue weighted by Gasteiger charge is 2.33. The van der Waals surface area contributed by atoms with Crippen molar-refractivity contribution < 1.29 is 9.90 Å². The minimum Gasteiger partial charge on any atom is -0.481 e. The van der Waals surface area contributed by atoms with E-state index in [9.17, 15) is 4.79 Å². The van der Waals surface area contributed by atoms with Gasteiger partial charge in [-0.15, -0.1) is 10.2 Å². The molecule has 0 spiro atoms. The van der Waals surface area contributed by atoms with Crippen LogP contribution in [0.4, 0.5) is 0 Å². The van der Waals surface area contributed by atoms with Crippen LogP contribution in [0.25, 0.3) is 0 Å². The van der Waals surface area contributed by atoms with Gasteiger partial charge in [-0.25, -0.2) is 0 Å². The average molecular weight is 223 g/mol. The van der Waals surface area contributed by atoms with Crippen LogP contribution in [0.1, 0.15) is 50.9 Å². The summed E-state index contributed by atoms with van der Waals surface area (Å²) < 4.78 is 2.04. The van der Waals surface area contributed by atoms with Crippen LogP contribution in [-0.2, 0) is 4.79 Å². The molecule has 0 bridgehead atoms. The smallest absolute Gasteiger partial charge is 0.306 e. The SMILES string of the molecule is CC(C)n1cnnc1C1CCC(C(=O)O)C1. The van der Waals surface area contributed by atoms with Crippen LogP contribution < -0.4 is 0 Å². The van der Waals surface area contributed by atoms with Gasteiger partial charge >= 0.3 is 5.97 Å². The van der Waals surface area contributed by atoms with E-state index in [-0.39, 0.29) is 11.8 Å². The Labute approximate surface area is 94.5 Å². The summed E-state index contributed by atoms with van der Waals surface area (Å²) in [6.07, 6.45) is 4.09. The van der Waals surface area contributed by atoms with Crippen molar-refractivity contribution >= 4 is 5.97 Å². The summed E-state index contributed by atoms with van der Waals surface area (Å²) in [5.74, 6) is 0.310. The standard InChI is InChI=1S/C11H17N3O2/c1-7(2)14-6-12-13-10(14)8-3-4-9(5-8)11(15)16/h6-9H,3-5H2,1-2H3,(H,15,16). The lowest BCUT2D eigenvalue weighted by Gasteiger charge is -2.14. The highest BCUT2D eigenvalue weighted by atomic mass is 16.4. The Morgan fingerprint density at radius 1 is 1.56 bits per heavy atom. The predicted octanol–water partition coefficient (Wildman–Crippen LogP) is 1.83. The fraction of sp³-hybridized carbons (Fsp3) is 0.727. The zero-order chi connectivity index (χ0) is 11.7. The van der Waals surface area contributed by atoms with E-state index in [4.69, 9.17) is 5.11 Å². The molecule has 0 amide bonds. The van der Waals surface area contributed by atoms with Gasteiger partial charge in [-0.05, 0) is 33.1 Å². The maximum Gasteiger partial charge on any atom is 0.306 e. The maximum absolute atomic E-state index is 10.9. The van der Waals surface area contributed by atoms with Gasteiger partial charge in [0.15, 0.2) is 0 Å². The zero-order valence-electron chi connectivity index (χ0n) is 9.63. The highest BCUT2D eigenvalue weighted by Crippen LogP contribution is 2.37. The topological polar surface area (TPSA) is 68.0 Å². The predicted molar refractivity (Wildman–Crippen MR) is 58.1 cm³/mol. The molecule has 1 fully saturated rings. The van der Waals surface area contributed by atoms with Gasteiger partial charge in [0.1, 0.15) is 12.2 Å². The van der Waals surface area contributed by atoms with Crippen LogP contribution in [0, 0.1) is 5.92 Å². The number of carboxylic acid groups (broad SMARTS) is 1. The lowest BCUT2D eigenvalue weighted by molar-refractivity contribution is -0.141. The Morgan fingerprint density at radius 2 is 2.31 bits per heavy atom. The van der Waals surface area contributed by atoms with E-state index in [2.05, 4.69) is 24.0 Å². The second-order valence-corrected chi connectivity index (χ2v) is 4.74. The first kappa shape index (κ1) is 11.1. The summed E-state index contributed by atoms with van der Waals surface area (Å²) in [5.41, 5.74) is 0. The molecule has 1 aromatic rings. The number of carbonyl (C=O) groups is 1. The largest absolute Gasteiger partial charge is 0.481 e. The van der Waals surface area contributed by atoms with Gasteiger partial charge in [-0.2, -0.15) is 0 Å². The van der Waals surface area contributed by atoms with Crippen LogP contribution in [0.15, 0.2) is 6.33 Å². The Hall–Kier alpha value is -1.39. The van der Waals surface area contributed by atoms with E-state index >= 15 is 0 Å². The highest BCUT2D eigenvalue weighted by molar-refractivity contribution is 5.70. The Bertz CT molecular complexity index is 386. The third-order valence-corrected chi connectivity index (χ3v) is 3.30. The molecule has 5 heteroatoms. The molecule has 1 N–H and O–H groups in total. The van der Waals surface area contributed by atoms with E-state index in [1.807, 2.05) is 4.57 Å². The van der Waals surface area contributed by atoms with Crippen LogP contribution in [0.2, 0.25) is 0 Å². The molecule has 2 atom stereocenters. The number of carboxylic acids is 1. The molecule has 0 saturated heterocycles. The fourth-order valence-corrected chi connectivity index (χ4v) is 2.38. The van der Waals surface area contributed by atoms with Gasteiger partial charge in [0.2, 0.25) is 0 Å². The first-order chi connectivity index (χ1) is 7.59. The van der Waals surface area contributed by atoms with Crippen molar-refractivity contribution in [2.45, 2.75) is 45.1 Å². The van der Waals surface area contributed by atoms with E-state index < -0.39 is 5.97 Å². The van der Waals surface area contributed by atoms with Crippen molar-refractivity contribution in [2.24, 2.45) is 5.92 Å². The van der Waals surface area contributed by atoms with E-state index in [1.165, 1.54) is 0 Å². The minimum absolute atomic E-state index is 0.206. The van der Waals surface area contributed by atoms with Crippen molar-refractivity contribution in [3.05, 3.63) is 12.2 Å². The minimum atomic E-state index is -0.682. The summed E-state index contributed by atoms with van der Waals surface area (Å²) >= 11 is 0. The van der Waals surface area contributed by atoms with E-state index in [1.54, 1.807) is 6.33 Å². The van der Waals surface area contributed by atoms with Gasteiger partial charge in [-0.1, -0.05) is 0 Å². The first-order valence-electron chi connectivity index (χ1n) is 5.71. The monoisotopic (exact) mass is 223 g/mol. The second-order valence-electron chi connectivity index (χ2n) is 4.74. The third kappa shape index (κ3) is 1.94. The summed E-state index contributed by atoms with van der Waals surface area (Å²) in [5, 5.41) is 17.0. The number of rotatable bonds is 3. The molecule has 1 aliphatic rings. The Balaban J connectivity index is 2.14. The fourth-order valence-electron chi connectivity index (χ4n) is 2.38. The molecular weight excluding hydrogens is 206 g/mol. The molecule has 0 radical (unpaired) electrons. The zero-order valence-corrected chi connectivity index (χ0v) is 9.63. The summed E-state index contributed by atoms with van der Waals surface area (Å²) in [6, 6.07) is 0.328. The molecule has 1 aliphatic carbocycles. The number of hydrogen-bond acceptors (Lipinski definition) is 3. The van der Waals surface area contributed by atoms with Gasteiger partial charge in [-0.3, -0.25) is 4.79 Å². The number of aromatic nitrogens is 3. The Kier molecular flexibility index (Phi) is 2.94. The number of hydrogen-bond donors (Lipinski definition) is 1. The van der Waals surface area contributed by atoms with Gasteiger partial charge in [0.05, 0.1) is 5.92 Å². The van der Waals surface area contributed by atoms with Gasteiger partial charge in [0, 0.05) is 12.0 Å². The molecule has 2 rings (SSSR count).